The van der Waals surface area contributed by atoms with Gasteiger partial charge >= 0.3 is 5.97 Å². The minimum Gasteiger partial charge on any atom is -0.477 e. The minimum absolute atomic E-state index is 0.0751. The number of oxime groups is 1. The number of aromatic nitrogens is 5. The monoisotopic (exact) mass is 637 g/mol. The molecular formula is C23H31N11O5S3. The van der Waals surface area contributed by atoms with E-state index in [0.717, 1.165) is 50.5 Å². The van der Waals surface area contributed by atoms with E-state index in [1.165, 1.54) is 35.5 Å². The number of piperazine rings is 1. The van der Waals surface area contributed by atoms with Crippen LogP contribution in [0.3, 0.4) is 0 Å². The number of carbonyl (C=O) groups is 3. The molecule has 2 aromatic heterocycles. The number of thiazole rings is 1. The van der Waals surface area contributed by atoms with E-state index in [0.29, 0.717) is 28.8 Å². The van der Waals surface area contributed by atoms with Crippen LogP contribution in [0.4, 0.5) is 5.13 Å². The molecule has 0 bridgehead atoms. The third kappa shape index (κ3) is 6.54. The fraction of sp³-hybridized carbons (Fsp3) is 0.565. The molecule has 16 nitrogen and oxygen atoms in total. The van der Waals surface area contributed by atoms with E-state index in [4.69, 9.17) is 10.6 Å². The standard InChI is InChI=1S/C23H31N11O5S3/c1-31-6-8-32(9-7-31)4-3-5-33-23(27-29-30-33)42-11-13-10-40-20-16(19(36)34(20)17(13)21(37)38)26-18(35)15(28-39-2)14-12-41-22(24)25-14/h12,16,20H,3-11H2,1-2H3,(H2,24,25)(H,26,35)(H,37,38)/t16?,20-/m0/s1. The zero-order chi connectivity index (χ0) is 29.8. The molecule has 2 atom stereocenters. The number of aryl methyl sites for hydroxylation is 1. The number of tetrazole rings is 1. The fourth-order valence-corrected chi connectivity index (χ4v) is 7.74. The highest BCUT2D eigenvalue weighted by Gasteiger charge is 2.54. The number of aliphatic carboxylic acids is 1. The van der Waals surface area contributed by atoms with Crippen molar-refractivity contribution in [3.05, 3.63) is 22.3 Å². The Balaban J connectivity index is 1.20. The van der Waals surface area contributed by atoms with Gasteiger partial charge in [0.25, 0.3) is 11.8 Å². The van der Waals surface area contributed by atoms with Crippen LogP contribution in [0.25, 0.3) is 0 Å². The Bertz CT molecular complexity index is 1390. The van der Waals surface area contributed by atoms with Gasteiger partial charge in [0, 0.05) is 56.2 Å². The summed E-state index contributed by atoms with van der Waals surface area (Å²) in [6.07, 6.45) is 0.894. The number of likely N-dealkylation sites (N-methyl/N-ethyl adjacent to an activating group) is 1. The van der Waals surface area contributed by atoms with Crippen LogP contribution in [0, 0.1) is 0 Å². The van der Waals surface area contributed by atoms with Crippen molar-refractivity contribution < 1.29 is 24.3 Å². The first kappa shape index (κ1) is 30.2. The SMILES string of the molecule is CON=C(C(=O)NC1C(=O)N2C(C(=O)O)=C(CSc3nnnn3CCCN3CCN(C)CC3)CS[C@@H]12)c1csc(N)n1. The average Bonchev–Trinajstić information content (AvgIpc) is 3.62. The van der Waals surface area contributed by atoms with Gasteiger partial charge in [0.1, 0.15) is 29.9 Å². The van der Waals surface area contributed by atoms with Crippen molar-refractivity contribution in [3.63, 3.8) is 0 Å². The third-order valence-electron chi connectivity index (χ3n) is 7.01. The molecule has 0 spiro atoms. The molecule has 0 radical (unpaired) electrons. The van der Waals surface area contributed by atoms with Crippen LogP contribution < -0.4 is 11.1 Å². The number of nitrogens with two attached hydrogens (primary N) is 1. The lowest BCUT2D eigenvalue weighted by molar-refractivity contribution is -0.150. The number of nitrogen functional groups attached to an aromatic ring is 1. The average molecular weight is 638 g/mol. The van der Waals surface area contributed by atoms with Crippen molar-refractivity contribution in [2.45, 2.75) is 29.5 Å². The maximum atomic E-state index is 13.1. The summed E-state index contributed by atoms with van der Waals surface area (Å²) in [7, 11) is 3.41. The van der Waals surface area contributed by atoms with E-state index in [-0.39, 0.29) is 22.2 Å². The number of carbonyl (C=O) groups excluding carboxylic acids is 2. The van der Waals surface area contributed by atoms with Crippen molar-refractivity contribution in [1.82, 2.24) is 45.2 Å². The van der Waals surface area contributed by atoms with E-state index in [1.54, 1.807) is 10.1 Å². The smallest absolute Gasteiger partial charge is 0.352 e. The summed E-state index contributed by atoms with van der Waals surface area (Å²) >= 11 is 3.84. The van der Waals surface area contributed by atoms with Crippen LogP contribution in [-0.2, 0) is 25.8 Å². The van der Waals surface area contributed by atoms with Gasteiger partial charge in [0.15, 0.2) is 10.8 Å². The highest BCUT2D eigenvalue weighted by Crippen LogP contribution is 2.41. The number of nitrogens with zero attached hydrogens (tertiary/aromatic N) is 9. The maximum Gasteiger partial charge on any atom is 0.352 e. The Morgan fingerprint density at radius 3 is 2.76 bits per heavy atom. The number of amides is 2. The summed E-state index contributed by atoms with van der Waals surface area (Å²) in [5, 5.41) is 30.2. The normalized spacial score (nSPS) is 21.7. The molecule has 19 heteroatoms. The number of carboxylic acids is 1. The topological polar surface area (TPSA) is 197 Å². The summed E-state index contributed by atoms with van der Waals surface area (Å²) < 4.78 is 1.73. The first-order valence-corrected chi connectivity index (χ1v) is 16.0. The molecule has 2 saturated heterocycles. The van der Waals surface area contributed by atoms with Crippen molar-refractivity contribution in [2.24, 2.45) is 5.16 Å². The molecule has 2 aromatic rings. The highest BCUT2D eigenvalue weighted by molar-refractivity contribution is 8.01. The van der Waals surface area contributed by atoms with Gasteiger partial charge in [-0.25, -0.2) is 14.5 Å². The van der Waals surface area contributed by atoms with Crippen LogP contribution >= 0.6 is 34.9 Å². The number of thioether (sulfide) groups is 2. The second-order valence-corrected chi connectivity index (χ2v) is 12.7. The zero-order valence-electron chi connectivity index (χ0n) is 23.0. The minimum atomic E-state index is -1.21. The first-order valence-electron chi connectivity index (χ1n) is 13.1. The lowest BCUT2D eigenvalue weighted by Crippen LogP contribution is -2.71. The number of hydrogen-bond acceptors (Lipinski definition) is 15. The number of carboxylic acid groups (broad SMARTS) is 1. The van der Waals surface area contributed by atoms with E-state index < -0.39 is 29.2 Å². The number of hydrogen-bond donors (Lipinski definition) is 3. The predicted molar refractivity (Wildman–Crippen MR) is 157 cm³/mol. The van der Waals surface area contributed by atoms with Gasteiger partial charge in [-0.05, 0) is 29.5 Å². The lowest BCUT2D eigenvalue weighted by Gasteiger charge is -2.49. The van der Waals surface area contributed by atoms with E-state index in [2.05, 4.69) is 47.8 Å². The maximum absolute atomic E-state index is 13.1. The molecule has 1 unspecified atom stereocenters. The first-order chi connectivity index (χ1) is 20.3. The highest BCUT2D eigenvalue weighted by atomic mass is 32.2. The Kier molecular flexibility index (Phi) is 9.61. The quantitative estimate of drug-likeness (QED) is 0.113. The largest absolute Gasteiger partial charge is 0.477 e. The molecule has 3 aliphatic rings. The van der Waals surface area contributed by atoms with Gasteiger partial charge in [0.05, 0.1) is 0 Å². The van der Waals surface area contributed by atoms with Gasteiger partial charge in [-0.15, -0.1) is 28.2 Å². The van der Waals surface area contributed by atoms with Crippen LogP contribution in [0.15, 0.2) is 27.0 Å². The number of rotatable bonds is 12. The number of nitrogens with one attached hydrogen (secondary N) is 1. The molecule has 0 aromatic carbocycles. The molecule has 0 aliphatic carbocycles. The summed E-state index contributed by atoms with van der Waals surface area (Å²) in [4.78, 5) is 53.2. The number of β-lactam (4-membered cyclic amide) rings is 1. The summed E-state index contributed by atoms with van der Waals surface area (Å²) in [5.74, 6) is -1.74. The van der Waals surface area contributed by atoms with Gasteiger partial charge in [-0.3, -0.25) is 14.5 Å². The predicted octanol–water partition coefficient (Wildman–Crippen LogP) is -0.769. The Hall–Kier alpha value is -3.26. The molecule has 0 saturated carbocycles. The van der Waals surface area contributed by atoms with Gasteiger partial charge in [-0.2, -0.15) is 0 Å². The number of anilines is 1. The molecule has 2 amide bonds. The third-order valence-corrected chi connectivity index (χ3v) is 10.1. The van der Waals surface area contributed by atoms with Gasteiger partial charge in [0.2, 0.25) is 5.16 Å². The van der Waals surface area contributed by atoms with E-state index in [9.17, 15) is 19.5 Å². The molecule has 5 heterocycles. The molecule has 4 N–H and O–H groups in total. The van der Waals surface area contributed by atoms with Gasteiger partial charge in [-0.1, -0.05) is 16.9 Å². The van der Waals surface area contributed by atoms with Crippen LogP contribution in [0.2, 0.25) is 0 Å². The molecule has 226 valence electrons. The lowest BCUT2D eigenvalue weighted by atomic mass is 10.0. The van der Waals surface area contributed by atoms with Crippen LogP contribution in [0.1, 0.15) is 12.1 Å². The van der Waals surface area contributed by atoms with Crippen LogP contribution in [0.5, 0.6) is 0 Å². The zero-order valence-corrected chi connectivity index (χ0v) is 25.5. The summed E-state index contributed by atoms with van der Waals surface area (Å²) in [6, 6.07) is -0.934. The second kappa shape index (κ2) is 13.4. The molecule has 2 fully saturated rings. The van der Waals surface area contributed by atoms with Crippen molar-refractivity contribution >= 4 is 63.5 Å². The Morgan fingerprint density at radius 2 is 2.07 bits per heavy atom. The molecular weight excluding hydrogens is 607 g/mol. The van der Waals surface area contributed by atoms with E-state index >= 15 is 0 Å². The fourth-order valence-electron chi connectivity index (χ4n) is 4.80. The van der Waals surface area contributed by atoms with Gasteiger partial charge < -0.3 is 30.8 Å². The molecule has 42 heavy (non-hydrogen) atoms. The Labute approximate surface area is 253 Å². The Morgan fingerprint density at radius 1 is 1.29 bits per heavy atom. The van der Waals surface area contributed by atoms with Crippen molar-refractivity contribution in [3.8, 4) is 0 Å². The number of fused-ring (bicyclic) bond motifs is 1. The van der Waals surface area contributed by atoms with Crippen LogP contribution in [-0.4, -0.2) is 138 Å². The van der Waals surface area contributed by atoms with Crippen molar-refractivity contribution in [1.29, 1.82) is 0 Å². The molecule has 5 rings (SSSR count). The molecule has 3 aliphatic heterocycles. The second-order valence-electron chi connectivity index (χ2n) is 9.78. The van der Waals surface area contributed by atoms with Crippen molar-refractivity contribution in [2.75, 3.05) is 64.1 Å². The van der Waals surface area contributed by atoms with E-state index in [1.807, 2.05) is 0 Å². The summed E-state index contributed by atoms with van der Waals surface area (Å²) in [5.41, 5.74) is 6.26. The summed E-state index contributed by atoms with van der Waals surface area (Å²) in [6.45, 7) is 5.81.